The van der Waals surface area contributed by atoms with Gasteiger partial charge in [0.1, 0.15) is 6.67 Å². The zero-order valence-corrected chi connectivity index (χ0v) is 8.07. The number of hydrogen-bond acceptors (Lipinski definition) is 3. The van der Waals surface area contributed by atoms with Crippen molar-refractivity contribution >= 4 is 10.8 Å². The van der Waals surface area contributed by atoms with Gasteiger partial charge in [0.05, 0.1) is 26.4 Å². The fourth-order valence-electron chi connectivity index (χ4n) is 0.553. The second-order valence-corrected chi connectivity index (χ2v) is 3.75. The van der Waals surface area contributed by atoms with E-state index in [-0.39, 0.29) is 6.61 Å². The Bertz CT molecular complexity index is 121. The van der Waals surface area contributed by atoms with Crippen LogP contribution < -0.4 is 0 Å². The van der Waals surface area contributed by atoms with Gasteiger partial charge in [0.2, 0.25) is 0 Å². The molecule has 0 aromatic rings. The molecule has 0 aromatic carbocycles. The molecule has 0 N–H and O–H groups in total. The molecule has 0 bridgehead atoms. The summed E-state index contributed by atoms with van der Waals surface area (Å²) >= 11 is 0. The van der Waals surface area contributed by atoms with Crippen molar-refractivity contribution in [3.63, 3.8) is 0 Å². The first-order valence-electron chi connectivity index (χ1n) is 3.79. The summed E-state index contributed by atoms with van der Waals surface area (Å²) in [5.41, 5.74) is 0. The third-order valence-corrected chi connectivity index (χ3v) is 1.85. The molecule has 0 saturated heterocycles. The van der Waals surface area contributed by atoms with E-state index >= 15 is 0 Å². The maximum Gasteiger partial charge on any atom is 0.113 e. The Kier molecular flexibility index (Phi) is 9.09. The molecule has 3 nitrogen and oxygen atoms in total. The molecule has 12 heavy (non-hydrogen) atoms. The summed E-state index contributed by atoms with van der Waals surface area (Å²) in [5, 5.41) is 0. The van der Waals surface area contributed by atoms with Crippen LogP contribution in [0.4, 0.5) is 4.39 Å². The standard InChI is InChI=1S/C7H15FO3S/c1-12(9)7-6-11-5-4-10-3-2-8/h2-7H2,1H3. The van der Waals surface area contributed by atoms with Crippen LogP contribution in [-0.2, 0) is 20.3 Å². The van der Waals surface area contributed by atoms with Crippen LogP contribution in [0.25, 0.3) is 0 Å². The first kappa shape index (κ1) is 12.0. The third kappa shape index (κ3) is 10.0. The number of alkyl halides is 1. The van der Waals surface area contributed by atoms with Gasteiger partial charge in [-0.2, -0.15) is 0 Å². The van der Waals surface area contributed by atoms with Gasteiger partial charge in [-0.3, -0.25) is 4.21 Å². The number of halogens is 1. The third-order valence-electron chi connectivity index (χ3n) is 1.11. The molecule has 0 fully saturated rings. The summed E-state index contributed by atoms with van der Waals surface area (Å²) in [6.45, 7) is 0.988. The van der Waals surface area contributed by atoms with Crippen molar-refractivity contribution in [1.29, 1.82) is 0 Å². The van der Waals surface area contributed by atoms with Crippen molar-refractivity contribution < 1.29 is 18.1 Å². The maximum atomic E-state index is 11.5. The molecule has 0 aliphatic carbocycles. The summed E-state index contributed by atoms with van der Waals surface area (Å²) in [7, 11) is -0.800. The zero-order valence-electron chi connectivity index (χ0n) is 7.25. The molecular weight excluding hydrogens is 183 g/mol. The molecule has 0 rings (SSSR count). The summed E-state index contributed by atoms with van der Waals surface area (Å²) < 4.78 is 31.9. The van der Waals surface area contributed by atoms with E-state index in [1.165, 1.54) is 0 Å². The molecule has 0 aromatic heterocycles. The van der Waals surface area contributed by atoms with Crippen LogP contribution in [0.1, 0.15) is 0 Å². The summed E-state index contributed by atoms with van der Waals surface area (Å²) in [4.78, 5) is 0. The van der Waals surface area contributed by atoms with Crippen LogP contribution in [0.15, 0.2) is 0 Å². The Labute approximate surface area is 74.7 Å². The van der Waals surface area contributed by atoms with E-state index in [2.05, 4.69) is 0 Å². The fraction of sp³-hybridized carbons (Fsp3) is 1.00. The molecule has 1 atom stereocenters. The van der Waals surface area contributed by atoms with Crippen LogP contribution >= 0.6 is 0 Å². The van der Waals surface area contributed by atoms with Crippen LogP contribution in [0.5, 0.6) is 0 Å². The fourth-order valence-corrected chi connectivity index (χ4v) is 0.905. The monoisotopic (exact) mass is 198 g/mol. The smallest absolute Gasteiger partial charge is 0.113 e. The van der Waals surface area contributed by atoms with Crippen molar-refractivity contribution in [2.75, 3.05) is 45.1 Å². The number of rotatable bonds is 8. The first-order valence-corrected chi connectivity index (χ1v) is 5.51. The highest BCUT2D eigenvalue weighted by molar-refractivity contribution is 7.84. The quantitative estimate of drug-likeness (QED) is 0.528. The van der Waals surface area contributed by atoms with Crippen molar-refractivity contribution in [3.8, 4) is 0 Å². The highest BCUT2D eigenvalue weighted by Crippen LogP contribution is 1.81. The average molecular weight is 198 g/mol. The minimum absolute atomic E-state index is 0.128. The van der Waals surface area contributed by atoms with Crippen LogP contribution in [0.3, 0.4) is 0 Å². The van der Waals surface area contributed by atoms with E-state index in [0.29, 0.717) is 25.6 Å². The predicted octanol–water partition coefficient (Wildman–Crippen LogP) is 0.368. The lowest BCUT2D eigenvalue weighted by molar-refractivity contribution is 0.0482. The molecule has 0 spiro atoms. The minimum Gasteiger partial charge on any atom is -0.378 e. The van der Waals surface area contributed by atoms with E-state index in [1.807, 2.05) is 0 Å². The van der Waals surface area contributed by atoms with Gasteiger partial charge in [-0.25, -0.2) is 4.39 Å². The largest absolute Gasteiger partial charge is 0.378 e. The molecule has 0 aliphatic heterocycles. The van der Waals surface area contributed by atoms with Gasteiger partial charge < -0.3 is 9.47 Å². The second-order valence-electron chi connectivity index (χ2n) is 2.19. The van der Waals surface area contributed by atoms with Crippen LogP contribution in [0.2, 0.25) is 0 Å². The molecule has 1 unspecified atom stereocenters. The molecule has 5 heteroatoms. The van der Waals surface area contributed by atoms with E-state index < -0.39 is 17.5 Å². The molecule has 0 radical (unpaired) electrons. The Balaban J connectivity index is 2.86. The lowest BCUT2D eigenvalue weighted by Gasteiger charge is -2.02. The van der Waals surface area contributed by atoms with Gasteiger partial charge in [0, 0.05) is 22.8 Å². The Morgan fingerprint density at radius 3 is 2.25 bits per heavy atom. The van der Waals surface area contributed by atoms with E-state index in [9.17, 15) is 8.60 Å². The first-order chi connectivity index (χ1) is 5.77. The van der Waals surface area contributed by atoms with Gasteiger partial charge in [0.25, 0.3) is 0 Å². The normalized spacial score (nSPS) is 13.2. The number of hydrogen-bond donors (Lipinski definition) is 0. The second kappa shape index (κ2) is 9.09. The minimum atomic E-state index is -0.800. The zero-order chi connectivity index (χ0) is 9.23. The van der Waals surface area contributed by atoms with E-state index in [0.717, 1.165) is 0 Å². The van der Waals surface area contributed by atoms with Gasteiger partial charge in [-0.1, -0.05) is 0 Å². The van der Waals surface area contributed by atoms with E-state index in [1.54, 1.807) is 6.26 Å². The Hall–Kier alpha value is -0.0000000000000000555. The van der Waals surface area contributed by atoms with Gasteiger partial charge in [0.15, 0.2) is 0 Å². The Morgan fingerprint density at radius 2 is 1.75 bits per heavy atom. The van der Waals surface area contributed by atoms with Gasteiger partial charge in [-0.05, 0) is 0 Å². The predicted molar refractivity (Wildman–Crippen MR) is 46.5 cm³/mol. The average Bonchev–Trinajstić information content (AvgIpc) is 2.02. The molecule has 0 aliphatic rings. The molecule has 0 heterocycles. The summed E-state index contributed by atoms with van der Waals surface area (Å²) in [6.07, 6.45) is 1.63. The lowest BCUT2D eigenvalue weighted by Crippen LogP contribution is -2.10. The highest BCUT2D eigenvalue weighted by atomic mass is 32.2. The lowest BCUT2D eigenvalue weighted by atomic mass is 10.7. The topological polar surface area (TPSA) is 35.5 Å². The van der Waals surface area contributed by atoms with Crippen molar-refractivity contribution in [2.24, 2.45) is 0 Å². The SMILES string of the molecule is CS(=O)CCOCCOCCF. The summed E-state index contributed by atoms with van der Waals surface area (Å²) in [6, 6.07) is 0. The Morgan fingerprint density at radius 1 is 1.17 bits per heavy atom. The van der Waals surface area contributed by atoms with Crippen LogP contribution in [-0.4, -0.2) is 49.3 Å². The molecule has 0 saturated carbocycles. The molecular formula is C7H15FO3S. The van der Waals surface area contributed by atoms with Crippen molar-refractivity contribution in [2.45, 2.75) is 0 Å². The highest BCUT2D eigenvalue weighted by Gasteiger charge is 1.92. The summed E-state index contributed by atoms with van der Waals surface area (Å²) in [5.74, 6) is 0.545. The van der Waals surface area contributed by atoms with Crippen LogP contribution in [0, 0.1) is 0 Å². The number of ether oxygens (including phenoxy) is 2. The van der Waals surface area contributed by atoms with Gasteiger partial charge >= 0.3 is 0 Å². The van der Waals surface area contributed by atoms with Crippen molar-refractivity contribution in [1.82, 2.24) is 0 Å². The molecule has 74 valence electrons. The van der Waals surface area contributed by atoms with Gasteiger partial charge in [-0.15, -0.1) is 0 Å². The van der Waals surface area contributed by atoms with E-state index in [4.69, 9.17) is 9.47 Å². The van der Waals surface area contributed by atoms with Crippen molar-refractivity contribution in [3.05, 3.63) is 0 Å². The maximum absolute atomic E-state index is 11.5. The molecule has 0 amide bonds.